The fourth-order valence-corrected chi connectivity index (χ4v) is 4.46. The highest BCUT2D eigenvalue weighted by molar-refractivity contribution is 6.03. The van der Waals surface area contributed by atoms with Crippen LogP contribution in [0.1, 0.15) is 52.7 Å². The topological polar surface area (TPSA) is 0 Å². The lowest BCUT2D eigenvalue weighted by Crippen LogP contribution is -2.16. The lowest BCUT2D eigenvalue weighted by atomic mass is 9.78. The van der Waals surface area contributed by atoms with E-state index < -0.39 is 0 Å². The second-order valence-electron chi connectivity index (χ2n) is 7.04. The smallest absolute Gasteiger partial charge is 0.0171 e. The van der Waals surface area contributed by atoms with Gasteiger partial charge < -0.3 is 0 Å². The molecule has 5 rings (SSSR count). The molecule has 0 aromatic heterocycles. The molecule has 0 radical (unpaired) electrons. The van der Waals surface area contributed by atoms with E-state index in [4.69, 9.17) is 0 Å². The van der Waals surface area contributed by atoms with Crippen LogP contribution >= 0.6 is 0 Å². The Kier molecular flexibility index (Phi) is 5.37. The highest BCUT2D eigenvalue weighted by atomic mass is 14.4. The molecular weight excluding hydrogens is 324 g/mol. The van der Waals surface area contributed by atoms with Crippen molar-refractivity contribution in [2.24, 2.45) is 0 Å². The molecule has 4 aromatic rings. The average molecular weight is 355 g/mol. The number of hydrogen-bond donors (Lipinski definition) is 0. The van der Waals surface area contributed by atoms with Gasteiger partial charge in [0.15, 0.2) is 0 Å². The van der Waals surface area contributed by atoms with E-state index in [1.807, 2.05) is 27.7 Å². The largest absolute Gasteiger partial charge is 0.0683 e. The SMILES string of the molecule is CC.CC.CC1(C)c2c(ccc3ccccc23)-c2ccc3ccccc3c21. The van der Waals surface area contributed by atoms with Gasteiger partial charge in [-0.1, -0.05) is 114 Å². The predicted molar refractivity (Wildman–Crippen MR) is 122 cm³/mol. The Hall–Kier alpha value is -2.60. The first-order valence-corrected chi connectivity index (χ1v) is 10.2. The van der Waals surface area contributed by atoms with E-state index in [1.54, 1.807) is 0 Å². The maximum atomic E-state index is 2.37. The van der Waals surface area contributed by atoms with E-state index >= 15 is 0 Å². The minimum Gasteiger partial charge on any atom is -0.0683 e. The quantitative estimate of drug-likeness (QED) is 0.297. The van der Waals surface area contributed by atoms with Crippen LogP contribution in [0.3, 0.4) is 0 Å². The van der Waals surface area contributed by atoms with Gasteiger partial charge in [-0.25, -0.2) is 0 Å². The third-order valence-corrected chi connectivity index (χ3v) is 5.40. The highest BCUT2D eigenvalue weighted by Crippen LogP contribution is 2.53. The Morgan fingerprint density at radius 1 is 0.481 bits per heavy atom. The van der Waals surface area contributed by atoms with Crippen LogP contribution in [0.25, 0.3) is 32.7 Å². The van der Waals surface area contributed by atoms with E-state index in [-0.39, 0.29) is 5.41 Å². The Balaban J connectivity index is 0.000000495. The summed E-state index contributed by atoms with van der Waals surface area (Å²) >= 11 is 0. The molecule has 0 heterocycles. The predicted octanol–water partition coefficient (Wildman–Crippen LogP) is 8.35. The lowest BCUT2D eigenvalue weighted by molar-refractivity contribution is 0.672. The van der Waals surface area contributed by atoms with Gasteiger partial charge in [-0.15, -0.1) is 0 Å². The molecule has 0 spiro atoms. The molecule has 4 aromatic carbocycles. The summed E-state index contributed by atoms with van der Waals surface area (Å²) in [5.41, 5.74) is 5.76. The standard InChI is InChI=1S/C23H18.2C2H6/c1-23(2)21-17-9-5-3-7-15(17)11-13-19(21)20-14-12-16-8-4-6-10-18(16)22(20)23;2*1-2/h3-14H,1-2H3;2*1-2H3. The second-order valence-corrected chi connectivity index (χ2v) is 7.04. The third kappa shape index (κ3) is 2.84. The monoisotopic (exact) mass is 354 g/mol. The zero-order chi connectivity index (χ0) is 19.6. The summed E-state index contributed by atoms with van der Waals surface area (Å²) < 4.78 is 0. The van der Waals surface area contributed by atoms with Crippen molar-refractivity contribution < 1.29 is 0 Å². The highest BCUT2D eigenvalue weighted by Gasteiger charge is 2.37. The molecule has 138 valence electrons. The molecule has 0 nitrogen and oxygen atoms in total. The van der Waals surface area contributed by atoms with E-state index in [2.05, 4.69) is 86.6 Å². The van der Waals surface area contributed by atoms with Crippen molar-refractivity contribution in [3.05, 3.63) is 83.9 Å². The Labute approximate surface area is 163 Å². The minimum atomic E-state index is 0.0202. The van der Waals surface area contributed by atoms with Gasteiger partial charge in [0.1, 0.15) is 0 Å². The summed E-state index contributed by atoms with van der Waals surface area (Å²) in [6.45, 7) is 12.7. The van der Waals surface area contributed by atoms with Crippen LogP contribution in [-0.2, 0) is 5.41 Å². The summed E-state index contributed by atoms with van der Waals surface area (Å²) in [7, 11) is 0. The molecule has 1 aliphatic carbocycles. The van der Waals surface area contributed by atoms with Crippen molar-refractivity contribution in [3.63, 3.8) is 0 Å². The van der Waals surface area contributed by atoms with Crippen LogP contribution in [0.5, 0.6) is 0 Å². The maximum Gasteiger partial charge on any atom is 0.0171 e. The summed E-state index contributed by atoms with van der Waals surface area (Å²) in [6.07, 6.45) is 0. The van der Waals surface area contributed by atoms with Crippen molar-refractivity contribution in [2.75, 3.05) is 0 Å². The first-order chi connectivity index (χ1) is 13.2. The molecule has 27 heavy (non-hydrogen) atoms. The average Bonchev–Trinajstić information content (AvgIpc) is 2.98. The molecule has 0 saturated carbocycles. The third-order valence-electron chi connectivity index (χ3n) is 5.40. The first-order valence-electron chi connectivity index (χ1n) is 10.2. The van der Waals surface area contributed by atoms with Gasteiger partial charge in [0, 0.05) is 5.41 Å². The van der Waals surface area contributed by atoms with Crippen LogP contribution in [0.15, 0.2) is 72.8 Å². The van der Waals surface area contributed by atoms with Gasteiger partial charge >= 0.3 is 0 Å². The van der Waals surface area contributed by atoms with Crippen LogP contribution in [0.4, 0.5) is 0 Å². The van der Waals surface area contributed by atoms with Crippen molar-refractivity contribution in [1.29, 1.82) is 0 Å². The zero-order valence-electron chi connectivity index (χ0n) is 17.4. The molecule has 0 heteroatoms. The normalized spacial score (nSPS) is 13.1. The first kappa shape index (κ1) is 19.2. The van der Waals surface area contributed by atoms with Crippen LogP contribution in [-0.4, -0.2) is 0 Å². The number of rotatable bonds is 0. The number of hydrogen-bond acceptors (Lipinski definition) is 0. The van der Waals surface area contributed by atoms with E-state index in [1.165, 1.54) is 43.8 Å². The van der Waals surface area contributed by atoms with Crippen molar-refractivity contribution in [2.45, 2.75) is 47.0 Å². The second kappa shape index (κ2) is 7.56. The summed E-state index contributed by atoms with van der Waals surface area (Å²) in [5.74, 6) is 0. The fraction of sp³-hybridized carbons (Fsp3) is 0.259. The molecule has 0 atom stereocenters. The lowest BCUT2D eigenvalue weighted by Gasteiger charge is -2.24. The van der Waals surface area contributed by atoms with Crippen molar-refractivity contribution in [3.8, 4) is 11.1 Å². The van der Waals surface area contributed by atoms with Crippen LogP contribution in [0, 0.1) is 0 Å². The van der Waals surface area contributed by atoms with E-state index in [9.17, 15) is 0 Å². The molecule has 0 saturated heterocycles. The molecule has 0 unspecified atom stereocenters. The summed E-state index contributed by atoms with van der Waals surface area (Å²) in [6, 6.07) is 26.6. The van der Waals surface area contributed by atoms with E-state index in [0.717, 1.165) is 0 Å². The zero-order valence-corrected chi connectivity index (χ0v) is 17.4. The minimum absolute atomic E-state index is 0.0202. The van der Waals surface area contributed by atoms with Crippen LogP contribution < -0.4 is 0 Å². The molecule has 0 aliphatic heterocycles. The van der Waals surface area contributed by atoms with Gasteiger partial charge in [0.05, 0.1) is 0 Å². The van der Waals surface area contributed by atoms with E-state index in [0.29, 0.717) is 0 Å². The Bertz CT molecular complexity index is 996. The van der Waals surface area contributed by atoms with Gasteiger partial charge in [0.2, 0.25) is 0 Å². The Morgan fingerprint density at radius 3 is 1.26 bits per heavy atom. The van der Waals surface area contributed by atoms with Gasteiger partial charge in [0.25, 0.3) is 0 Å². The van der Waals surface area contributed by atoms with Crippen molar-refractivity contribution in [1.82, 2.24) is 0 Å². The van der Waals surface area contributed by atoms with Gasteiger partial charge in [-0.2, -0.15) is 0 Å². The number of fused-ring (bicyclic) bond motifs is 7. The Morgan fingerprint density at radius 2 is 0.852 bits per heavy atom. The summed E-state index contributed by atoms with van der Waals surface area (Å²) in [5, 5.41) is 5.43. The molecule has 1 aliphatic rings. The molecule has 0 fully saturated rings. The molecule has 0 N–H and O–H groups in total. The van der Waals surface area contributed by atoms with Crippen molar-refractivity contribution >= 4 is 21.5 Å². The molecule has 0 amide bonds. The van der Waals surface area contributed by atoms with Gasteiger partial charge in [-0.05, 0) is 43.8 Å². The molecule has 0 bridgehead atoms. The van der Waals surface area contributed by atoms with Gasteiger partial charge in [-0.3, -0.25) is 0 Å². The molecular formula is C27H30. The number of benzene rings is 4. The fourth-order valence-electron chi connectivity index (χ4n) is 4.46. The van der Waals surface area contributed by atoms with Crippen LogP contribution in [0.2, 0.25) is 0 Å². The maximum absolute atomic E-state index is 2.37. The summed E-state index contributed by atoms with van der Waals surface area (Å²) in [4.78, 5) is 0.